The number of hydrogen-bond acceptors (Lipinski definition) is 5. The van der Waals surface area contributed by atoms with E-state index in [9.17, 15) is 4.79 Å². The van der Waals surface area contributed by atoms with E-state index in [1.165, 1.54) is 11.1 Å². The highest BCUT2D eigenvalue weighted by Crippen LogP contribution is 2.32. The third kappa shape index (κ3) is 4.81. The fourth-order valence-corrected chi connectivity index (χ4v) is 5.36. The first kappa shape index (κ1) is 21.4. The first-order chi connectivity index (χ1) is 15.7. The summed E-state index contributed by atoms with van der Waals surface area (Å²) in [6.07, 6.45) is 6.71. The SMILES string of the molecule is C[C@@H]1Cc2cc(CN3CCC[C@H]([C@@H](NC(=O)[C@H]4CCCO4)c4ccccn4)C3)ccc2O1. The molecule has 0 spiro atoms. The highest BCUT2D eigenvalue weighted by Gasteiger charge is 2.33. The van der Waals surface area contributed by atoms with E-state index in [2.05, 4.69) is 40.3 Å². The van der Waals surface area contributed by atoms with Crippen LogP contribution in [0.1, 0.15) is 55.5 Å². The summed E-state index contributed by atoms with van der Waals surface area (Å²) < 4.78 is 11.5. The highest BCUT2D eigenvalue weighted by molar-refractivity contribution is 5.81. The number of likely N-dealkylation sites (tertiary alicyclic amines) is 1. The minimum Gasteiger partial charge on any atom is -0.490 e. The van der Waals surface area contributed by atoms with Gasteiger partial charge in [-0.15, -0.1) is 0 Å². The van der Waals surface area contributed by atoms with Crippen molar-refractivity contribution in [2.75, 3.05) is 19.7 Å². The fraction of sp³-hybridized carbons (Fsp3) is 0.538. The van der Waals surface area contributed by atoms with Crippen LogP contribution in [0.15, 0.2) is 42.6 Å². The second-order valence-corrected chi connectivity index (χ2v) is 9.45. The summed E-state index contributed by atoms with van der Waals surface area (Å²) in [5, 5.41) is 3.30. The van der Waals surface area contributed by atoms with Gasteiger partial charge in [0, 0.05) is 32.3 Å². The summed E-state index contributed by atoms with van der Waals surface area (Å²) in [6, 6.07) is 12.5. The number of nitrogens with one attached hydrogen (secondary N) is 1. The maximum Gasteiger partial charge on any atom is 0.249 e. The Morgan fingerprint density at radius 1 is 1.25 bits per heavy atom. The van der Waals surface area contributed by atoms with Crippen LogP contribution in [0.5, 0.6) is 5.75 Å². The van der Waals surface area contributed by atoms with Crippen LogP contribution >= 0.6 is 0 Å². The van der Waals surface area contributed by atoms with E-state index in [4.69, 9.17) is 9.47 Å². The smallest absolute Gasteiger partial charge is 0.249 e. The third-order valence-electron chi connectivity index (χ3n) is 6.91. The molecule has 2 fully saturated rings. The molecule has 5 rings (SSSR count). The van der Waals surface area contributed by atoms with Crippen LogP contribution in [0.2, 0.25) is 0 Å². The lowest BCUT2D eigenvalue weighted by atomic mass is 9.88. The number of pyridine rings is 1. The second-order valence-electron chi connectivity index (χ2n) is 9.45. The lowest BCUT2D eigenvalue weighted by Crippen LogP contribution is -2.45. The minimum absolute atomic E-state index is 0.00279. The van der Waals surface area contributed by atoms with Crippen molar-refractivity contribution in [3.63, 3.8) is 0 Å². The number of benzene rings is 1. The van der Waals surface area contributed by atoms with E-state index in [1.54, 1.807) is 0 Å². The van der Waals surface area contributed by atoms with Gasteiger partial charge in [0.15, 0.2) is 0 Å². The van der Waals surface area contributed by atoms with Crippen molar-refractivity contribution in [2.24, 2.45) is 5.92 Å². The molecule has 4 heterocycles. The van der Waals surface area contributed by atoms with E-state index < -0.39 is 0 Å². The Hall–Kier alpha value is -2.44. The first-order valence-electron chi connectivity index (χ1n) is 12.0. The number of nitrogens with zero attached hydrogens (tertiary/aromatic N) is 2. The number of carbonyl (C=O) groups excluding carboxylic acids is 1. The molecule has 0 unspecified atom stereocenters. The lowest BCUT2D eigenvalue weighted by molar-refractivity contribution is -0.131. The molecule has 0 radical (unpaired) electrons. The molecule has 1 aromatic carbocycles. The number of rotatable bonds is 6. The molecule has 2 saturated heterocycles. The Kier molecular flexibility index (Phi) is 6.42. The van der Waals surface area contributed by atoms with E-state index in [-0.39, 0.29) is 24.2 Å². The van der Waals surface area contributed by atoms with Gasteiger partial charge in [-0.25, -0.2) is 0 Å². The Balaban J connectivity index is 1.29. The largest absolute Gasteiger partial charge is 0.490 e. The van der Waals surface area contributed by atoms with Crippen LogP contribution in [0.25, 0.3) is 0 Å². The van der Waals surface area contributed by atoms with Gasteiger partial charge in [0.05, 0.1) is 11.7 Å². The van der Waals surface area contributed by atoms with Gasteiger partial charge >= 0.3 is 0 Å². The van der Waals surface area contributed by atoms with Crippen molar-refractivity contribution in [3.05, 3.63) is 59.4 Å². The van der Waals surface area contributed by atoms with Crippen molar-refractivity contribution in [2.45, 2.75) is 63.8 Å². The molecule has 3 aliphatic rings. The molecule has 0 saturated carbocycles. The zero-order valence-corrected chi connectivity index (χ0v) is 18.8. The molecule has 1 amide bonds. The Morgan fingerprint density at radius 3 is 3.00 bits per heavy atom. The van der Waals surface area contributed by atoms with Crippen molar-refractivity contribution in [1.82, 2.24) is 15.2 Å². The number of carbonyl (C=O) groups is 1. The number of piperidine rings is 1. The van der Waals surface area contributed by atoms with E-state index in [0.717, 1.165) is 63.2 Å². The van der Waals surface area contributed by atoms with E-state index in [0.29, 0.717) is 12.5 Å². The molecule has 3 aliphatic heterocycles. The predicted octanol–water partition coefficient (Wildman–Crippen LogP) is 3.65. The van der Waals surface area contributed by atoms with Crippen molar-refractivity contribution in [3.8, 4) is 5.75 Å². The van der Waals surface area contributed by atoms with Gasteiger partial charge < -0.3 is 14.8 Å². The van der Waals surface area contributed by atoms with Gasteiger partial charge in [0.1, 0.15) is 18.0 Å². The number of amides is 1. The molecular formula is C26H33N3O3. The Bertz CT molecular complexity index is 929. The van der Waals surface area contributed by atoms with Crippen molar-refractivity contribution < 1.29 is 14.3 Å². The zero-order chi connectivity index (χ0) is 21.9. The summed E-state index contributed by atoms with van der Waals surface area (Å²) in [6.45, 7) is 5.74. The van der Waals surface area contributed by atoms with Gasteiger partial charge in [0.2, 0.25) is 5.91 Å². The quantitative estimate of drug-likeness (QED) is 0.750. The maximum absolute atomic E-state index is 12.9. The molecule has 2 aromatic rings. The average molecular weight is 436 g/mol. The van der Waals surface area contributed by atoms with Crippen LogP contribution in [0.3, 0.4) is 0 Å². The van der Waals surface area contributed by atoms with Crippen LogP contribution in [0, 0.1) is 5.92 Å². The summed E-state index contributed by atoms with van der Waals surface area (Å²) in [5.74, 6) is 1.36. The van der Waals surface area contributed by atoms with E-state index in [1.807, 2.05) is 24.4 Å². The van der Waals surface area contributed by atoms with Crippen LogP contribution < -0.4 is 10.1 Å². The van der Waals surface area contributed by atoms with Gasteiger partial charge in [-0.3, -0.25) is 14.7 Å². The number of ether oxygens (including phenoxy) is 2. The normalized spacial score (nSPS) is 26.3. The molecule has 0 bridgehead atoms. The predicted molar refractivity (Wildman–Crippen MR) is 122 cm³/mol. The standard InChI is InChI=1S/C26H33N3O3/c1-18-14-21-15-19(9-10-23(21)32-18)16-29-12-4-6-20(17-29)25(22-7-2-3-11-27-22)28-26(30)24-8-5-13-31-24/h2-3,7,9-11,15,18,20,24-25H,4-6,8,12-14,16-17H2,1H3,(H,28,30)/t18-,20+,24-,25-/m1/s1. The molecule has 6 heteroatoms. The minimum atomic E-state index is -0.322. The van der Waals surface area contributed by atoms with Gasteiger partial charge in [0.25, 0.3) is 0 Å². The summed E-state index contributed by atoms with van der Waals surface area (Å²) >= 11 is 0. The summed E-state index contributed by atoms with van der Waals surface area (Å²) in [7, 11) is 0. The second kappa shape index (κ2) is 9.59. The molecule has 1 N–H and O–H groups in total. The van der Waals surface area contributed by atoms with Gasteiger partial charge in [-0.1, -0.05) is 18.2 Å². The Labute approximate surface area is 190 Å². The number of hydrogen-bond donors (Lipinski definition) is 1. The maximum atomic E-state index is 12.9. The highest BCUT2D eigenvalue weighted by atomic mass is 16.5. The number of fused-ring (bicyclic) bond motifs is 1. The monoisotopic (exact) mass is 435 g/mol. The molecule has 0 aliphatic carbocycles. The fourth-order valence-electron chi connectivity index (χ4n) is 5.36. The topological polar surface area (TPSA) is 63.7 Å². The summed E-state index contributed by atoms with van der Waals surface area (Å²) in [5.41, 5.74) is 3.59. The number of aromatic nitrogens is 1. The average Bonchev–Trinajstić information content (AvgIpc) is 3.47. The van der Waals surface area contributed by atoms with Gasteiger partial charge in [-0.05, 0) is 74.4 Å². The van der Waals surface area contributed by atoms with Crippen LogP contribution in [-0.4, -0.2) is 47.7 Å². The molecule has 170 valence electrons. The van der Waals surface area contributed by atoms with Gasteiger partial charge in [-0.2, -0.15) is 0 Å². The van der Waals surface area contributed by atoms with Crippen LogP contribution in [-0.2, 0) is 22.5 Å². The lowest BCUT2D eigenvalue weighted by Gasteiger charge is -2.37. The molecule has 4 atom stereocenters. The molecule has 32 heavy (non-hydrogen) atoms. The molecule has 6 nitrogen and oxygen atoms in total. The Morgan fingerprint density at radius 2 is 2.19 bits per heavy atom. The van der Waals surface area contributed by atoms with Crippen LogP contribution in [0.4, 0.5) is 0 Å². The molecule has 1 aromatic heterocycles. The van der Waals surface area contributed by atoms with Crippen molar-refractivity contribution >= 4 is 5.91 Å². The third-order valence-corrected chi connectivity index (χ3v) is 6.91. The van der Waals surface area contributed by atoms with E-state index >= 15 is 0 Å². The molecular weight excluding hydrogens is 402 g/mol. The summed E-state index contributed by atoms with van der Waals surface area (Å²) in [4.78, 5) is 20.0. The first-order valence-corrected chi connectivity index (χ1v) is 12.0. The van der Waals surface area contributed by atoms with Crippen molar-refractivity contribution in [1.29, 1.82) is 0 Å². The zero-order valence-electron chi connectivity index (χ0n) is 18.8.